The fourth-order valence-corrected chi connectivity index (χ4v) is 6.21. The van der Waals surface area contributed by atoms with Crippen molar-refractivity contribution < 1.29 is 4.42 Å². The van der Waals surface area contributed by atoms with Gasteiger partial charge >= 0.3 is 0 Å². The normalized spacial score (nSPS) is 13.1. The molecule has 0 radical (unpaired) electrons. The Kier molecular flexibility index (Phi) is 4.41. The van der Waals surface area contributed by atoms with E-state index in [0.717, 1.165) is 24.2 Å². The van der Waals surface area contributed by atoms with Crippen molar-refractivity contribution in [2.75, 3.05) is 0 Å². The van der Waals surface area contributed by atoms with Crippen LogP contribution in [0.15, 0.2) is 120 Å². The molecule has 0 atom stereocenters. The van der Waals surface area contributed by atoms with Crippen molar-refractivity contribution >= 4 is 49.4 Å². The first-order valence-electron chi connectivity index (χ1n) is 13.0. The smallest absolute Gasteiger partial charge is 0.135 e. The molecule has 0 N–H and O–H groups in total. The number of allylic oxidation sites excluding steroid dienone is 1. The summed E-state index contributed by atoms with van der Waals surface area (Å²) < 4.78 is 6.26. The lowest BCUT2D eigenvalue weighted by Gasteiger charge is -2.14. The first-order valence-corrected chi connectivity index (χ1v) is 13.0. The number of hydrogen-bond donors (Lipinski definition) is 0. The predicted molar refractivity (Wildman–Crippen MR) is 157 cm³/mol. The molecule has 0 saturated carbocycles. The van der Waals surface area contributed by atoms with Gasteiger partial charge in [0.2, 0.25) is 0 Å². The van der Waals surface area contributed by atoms with Crippen LogP contribution in [-0.2, 0) is 6.42 Å². The Morgan fingerprint density at radius 3 is 1.70 bits per heavy atom. The molecule has 1 nitrogen and oxygen atoms in total. The quantitative estimate of drug-likeness (QED) is 0.228. The number of rotatable bonds is 2. The van der Waals surface area contributed by atoms with Gasteiger partial charge in [0.05, 0.1) is 0 Å². The Morgan fingerprint density at radius 2 is 1.03 bits per heavy atom. The lowest BCUT2D eigenvalue weighted by Crippen LogP contribution is -1.89. The third-order valence-corrected chi connectivity index (χ3v) is 7.95. The second kappa shape index (κ2) is 7.94. The highest BCUT2D eigenvalue weighted by Crippen LogP contribution is 2.40. The van der Waals surface area contributed by atoms with Crippen LogP contribution in [-0.4, -0.2) is 0 Å². The average molecular weight is 473 g/mol. The minimum atomic E-state index is 0.972. The maximum atomic E-state index is 6.26. The molecule has 1 aliphatic carbocycles. The average Bonchev–Trinajstić information content (AvgIpc) is 3.35. The van der Waals surface area contributed by atoms with Gasteiger partial charge < -0.3 is 4.42 Å². The summed E-state index contributed by atoms with van der Waals surface area (Å²) in [5, 5.41) is 9.04. The van der Waals surface area contributed by atoms with Gasteiger partial charge in [-0.1, -0.05) is 103 Å². The van der Waals surface area contributed by atoms with E-state index in [1.165, 1.54) is 65.5 Å². The molecule has 0 aliphatic heterocycles. The number of furan rings is 1. The minimum absolute atomic E-state index is 0.972. The van der Waals surface area contributed by atoms with Crippen LogP contribution in [0.4, 0.5) is 0 Å². The van der Waals surface area contributed by atoms with Crippen molar-refractivity contribution in [2.45, 2.75) is 12.8 Å². The number of aryl methyl sites for hydroxylation is 1. The summed E-state index contributed by atoms with van der Waals surface area (Å²) >= 11 is 0. The zero-order chi connectivity index (χ0) is 24.3. The Labute approximate surface area is 215 Å². The Morgan fingerprint density at radius 1 is 0.486 bits per heavy atom. The van der Waals surface area contributed by atoms with Crippen molar-refractivity contribution in [1.82, 2.24) is 0 Å². The highest BCUT2D eigenvalue weighted by Gasteiger charge is 2.16. The summed E-state index contributed by atoms with van der Waals surface area (Å²) in [6, 6.07) is 39.9. The van der Waals surface area contributed by atoms with E-state index >= 15 is 0 Å². The lowest BCUT2D eigenvalue weighted by molar-refractivity contribution is 0.595. The first-order chi connectivity index (χ1) is 18.3. The Balaban J connectivity index is 1.35. The topological polar surface area (TPSA) is 13.1 Å². The van der Waals surface area contributed by atoms with Crippen LogP contribution >= 0.6 is 0 Å². The van der Waals surface area contributed by atoms with E-state index in [0.29, 0.717) is 0 Å². The molecule has 8 rings (SSSR count). The fraction of sp³-hybridized carbons (Fsp3) is 0.0556. The highest BCUT2D eigenvalue weighted by molar-refractivity contribution is 6.25. The van der Waals surface area contributed by atoms with E-state index in [4.69, 9.17) is 4.42 Å². The van der Waals surface area contributed by atoms with E-state index in [2.05, 4.69) is 121 Å². The minimum Gasteiger partial charge on any atom is -0.456 e. The van der Waals surface area contributed by atoms with Gasteiger partial charge in [-0.2, -0.15) is 0 Å². The summed E-state index contributed by atoms with van der Waals surface area (Å²) in [7, 11) is 0. The van der Waals surface area contributed by atoms with Gasteiger partial charge in [0.25, 0.3) is 0 Å². The van der Waals surface area contributed by atoms with Gasteiger partial charge in [-0.3, -0.25) is 0 Å². The molecule has 6 aromatic carbocycles. The van der Waals surface area contributed by atoms with Gasteiger partial charge in [0, 0.05) is 10.9 Å². The second-order valence-corrected chi connectivity index (χ2v) is 9.99. The maximum absolute atomic E-state index is 6.26. The van der Waals surface area contributed by atoms with Crippen LogP contribution in [0.5, 0.6) is 0 Å². The van der Waals surface area contributed by atoms with Gasteiger partial charge in [-0.15, -0.1) is 0 Å². The zero-order valence-corrected chi connectivity index (χ0v) is 20.4. The zero-order valence-electron chi connectivity index (χ0n) is 20.4. The number of benzene rings is 6. The molecule has 0 unspecified atom stereocenters. The summed E-state index contributed by atoms with van der Waals surface area (Å²) in [6.07, 6.45) is 6.45. The predicted octanol–water partition coefficient (Wildman–Crippen LogP) is 10.2. The summed E-state index contributed by atoms with van der Waals surface area (Å²) in [5.41, 5.74) is 7.17. The van der Waals surface area contributed by atoms with Crippen molar-refractivity contribution in [2.24, 2.45) is 0 Å². The molecule has 0 amide bonds. The van der Waals surface area contributed by atoms with Crippen LogP contribution in [0, 0.1) is 0 Å². The van der Waals surface area contributed by atoms with Crippen molar-refractivity contribution in [3.63, 3.8) is 0 Å². The first kappa shape index (κ1) is 20.6. The molecular weight excluding hydrogens is 448 g/mol. The summed E-state index contributed by atoms with van der Waals surface area (Å²) in [4.78, 5) is 0. The molecule has 1 heterocycles. The molecule has 37 heavy (non-hydrogen) atoms. The van der Waals surface area contributed by atoms with E-state index < -0.39 is 0 Å². The molecule has 1 aliphatic rings. The maximum Gasteiger partial charge on any atom is 0.135 e. The van der Waals surface area contributed by atoms with Crippen LogP contribution in [0.1, 0.15) is 17.7 Å². The van der Waals surface area contributed by atoms with Crippen LogP contribution in [0.2, 0.25) is 0 Å². The Hall–Kier alpha value is -4.62. The number of hydrogen-bond acceptors (Lipinski definition) is 1. The van der Waals surface area contributed by atoms with Crippen molar-refractivity contribution in [3.05, 3.63) is 127 Å². The molecule has 0 fully saturated rings. The van der Waals surface area contributed by atoms with Gasteiger partial charge in [-0.25, -0.2) is 0 Å². The standard InChI is InChI=1S/C36H24O/c1-2-10-26(24-18-20-33-32-15-7-8-16-35(32)37-36(33)22-24)25(9-1)23-17-19-31-29-13-4-3-11-27(29)28-12-5-6-14-30(28)34(31)21-23/h1-6,8-14,16-22H,7,15H2. The molecular formula is C36H24O. The highest BCUT2D eigenvalue weighted by atomic mass is 16.3. The molecule has 0 spiro atoms. The molecule has 174 valence electrons. The summed E-state index contributed by atoms with van der Waals surface area (Å²) in [5.74, 6) is 1.01. The van der Waals surface area contributed by atoms with Gasteiger partial charge in [0.1, 0.15) is 11.3 Å². The molecule has 1 heteroatoms. The van der Waals surface area contributed by atoms with Gasteiger partial charge in [0.15, 0.2) is 0 Å². The van der Waals surface area contributed by atoms with E-state index in [1.807, 2.05) is 0 Å². The molecule has 0 bridgehead atoms. The van der Waals surface area contributed by atoms with E-state index in [1.54, 1.807) is 0 Å². The van der Waals surface area contributed by atoms with Crippen molar-refractivity contribution in [1.29, 1.82) is 0 Å². The van der Waals surface area contributed by atoms with Crippen LogP contribution < -0.4 is 0 Å². The van der Waals surface area contributed by atoms with Crippen molar-refractivity contribution in [3.8, 4) is 22.3 Å². The number of fused-ring (bicyclic) bond motifs is 9. The van der Waals surface area contributed by atoms with Crippen LogP contribution in [0.3, 0.4) is 0 Å². The van der Waals surface area contributed by atoms with E-state index in [9.17, 15) is 0 Å². The fourth-order valence-electron chi connectivity index (χ4n) is 6.21. The lowest BCUT2D eigenvalue weighted by atomic mass is 9.89. The monoisotopic (exact) mass is 472 g/mol. The van der Waals surface area contributed by atoms with Gasteiger partial charge in [-0.05, 0) is 85.6 Å². The van der Waals surface area contributed by atoms with E-state index in [-0.39, 0.29) is 0 Å². The largest absolute Gasteiger partial charge is 0.456 e. The molecule has 1 aromatic heterocycles. The molecule has 7 aromatic rings. The van der Waals surface area contributed by atoms with Crippen LogP contribution in [0.25, 0.3) is 71.6 Å². The third-order valence-electron chi connectivity index (χ3n) is 7.95. The molecule has 0 saturated heterocycles. The Bertz CT molecular complexity index is 2000. The third kappa shape index (κ3) is 3.11. The SMILES string of the molecule is C1=Cc2oc3cc(-c4ccccc4-c4ccc5c6ccccc6c6ccccc6c5c4)ccc3c2CC1. The summed E-state index contributed by atoms with van der Waals surface area (Å²) in [6.45, 7) is 0. The second-order valence-electron chi connectivity index (χ2n) is 9.99.